The van der Waals surface area contributed by atoms with Gasteiger partial charge in [0.1, 0.15) is 11.6 Å². The molecular formula is C14H23NO5. The van der Waals surface area contributed by atoms with Crippen molar-refractivity contribution in [3.63, 3.8) is 0 Å². The molecule has 0 aromatic rings. The highest BCUT2D eigenvalue weighted by atomic mass is 16.6. The van der Waals surface area contributed by atoms with Crippen LogP contribution in [0, 0.1) is 0 Å². The number of carbonyl (C=O) groups excluding carboxylic acids is 1. The van der Waals surface area contributed by atoms with Crippen molar-refractivity contribution in [1.29, 1.82) is 0 Å². The van der Waals surface area contributed by atoms with Gasteiger partial charge in [-0.15, -0.1) is 0 Å². The number of ether oxygens (including phenoxy) is 2. The van der Waals surface area contributed by atoms with Gasteiger partial charge in [-0.05, 0) is 46.5 Å². The molecule has 0 spiro atoms. The standard InChI is InChI=1S/C14H23NO5/c1-14(2,3)20-13(18)15-9(11-5-4-8-19-11)6-7-10(15)12(16)17/h9-11H,4-8H2,1-3H3,(H,16,17). The van der Waals surface area contributed by atoms with Crippen LogP contribution in [0.25, 0.3) is 0 Å². The maximum Gasteiger partial charge on any atom is 0.411 e. The van der Waals surface area contributed by atoms with Crippen molar-refractivity contribution >= 4 is 12.1 Å². The number of carbonyl (C=O) groups is 2. The van der Waals surface area contributed by atoms with E-state index in [-0.39, 0.29) is 12.1 Å². The van der Waals surface area contributed by atoms with Gasteiger partial charge in [-0.3, -0.25) is 4.90 Å². The Morgan fingerprint density at radius 2 is 1.95 bits per heavy atom. The maximum absolute atomic E-state index is 12.3. The van der Waals surface area contributed by atoms with Crippen LogP contribution >= 0.6 is 0 Å². The molecule has 1 N–H and O–H groups in total. The number of hydrogen-bond donors (Lipinski definition) is 1. The molecule has 2 rings (SSSR count). The van der Waals surface area contributed by atoms with E-state index < -0.39 is 23.7 Å². The van der Waals surface area contributed by atoms with Gasteiger partial charge in [0.15, 0.2) is 0 Å². The van der Waals surface area contributed by atoms with Crippen LogP contribution in [0.5, 0.6) is 0 Å². The zero-order valence-corrected chi connectivity index (χ0v) is 12.3. The van der Waals surface area contributed by atoms with E-state index in [1.54, 1.807) is 20.8 Å². The van der Waals surface area contributed by atoms with E-state index >= 15 is 0 Å². The molecule has 0 bridgehead atoms. The van der Waals surface area contributed by atoms with Crippen molar-refractivity contribution in [3.05, 3.63) is 0 Å². The molecule has 0 saturated carbocycles. The van der Waals surface area contributed by atoms with Crippen molar-refractivity contribution in [2.45, 2.75) is 70.2 Å². The summed E-state index contributed by atoms with van der Waals surface area (Å²) in [6.45, 7) is 6.01. The molecule has 6 nitrogen and oxygen atoms in total. The summed E-state index contributed by atoms with van der Waals surface area (Å²) in [5.41, 5.74) is -0.635. The van der Waals surface area contributed by atoms with Crippen LogP contribution in [0.15, 0.2) is 0 Å². The number of rotatable bonds is 2. The van der Waals surface area contributed by atoms with E-state index in [0.717, 1.165) is 12.8 Å². The number of likely N-dealkylation sites (tertiary alicyclic amines) is 1. The van der Waals surface area contributed by atoms with Gasteiger partial charge in [0.2, 0.25) is 0 Å². The van der Waals surface area contributed by atoms with Gasteiger partial charge >= 0.3 is 12.1 Å². The zero-order chi connectivity index (χ0) is 14.9. The number of aliphatic carboxylic acids is 1. The summed E-state index contributed by atoms with van der Waals surface area (Å²) in [6.07, 6.45) is 2.33. The van der Waals surface area contributed by atoms with Gasteiger partial charge in [0, 0.05) is 6.61 Å². The van der Waals surface area contributed by atoms with Crippen LogP contribution in [-0.4, -0.2) is 52.5 Å². The predicted octanol–water partition coefficient (Wildman–Crippen LogP) is 2.02. The molecule has 3 unspecified atom stereocenters. The number of carboxylic acids is 1. The van der Waals surface area contributed by atoms with Crippen LogP contribution in [-0.2, 0) is 14.3 Å². The molecule has 2 fully saturated rings. The third kappa shape index (κ3) is 3.23. The summed E-state index contributed by atoms with van der Waals surface area (Å²) in [6, 6.07) is -0.993. The Morgan fingerprint density at radius 3 is 2.45 bits per heavy atom. The van der Waals surface area contributed by atoms with Crippen molar-refractivity contribution in [1.82, 2.24) is 4.90 Å². The molecule has 0 aromatic carbocycles. The molecule has 2 aliphatic rings. The van der Waals surface area contributed by atoms with E-state index in [0.29, 0.717) is 19.4 Å². The SMILES string of the molecule is CC(C)(C)OC(=O)N1C(C(=O)O)CCC1C1CCCO1. The molecule has 20 heavy (non-hydrogen) atoms. The lowest BCUT2D eigenvalue weighted by molar-refractivity contribution is -0.143. The number of amides is 1. The molecule has 0 aliphatic carbocycles. The second-order valence-corrected chi connectivity index (χ2v) is 6.44. The molecule has 114 valence electrons. The van der Waals surface area contributed by atoms with Gasteiger partial charge < -0.3 is 14.6 Å². The van der Waals surface area contributed by atoms with E-state index in [4.69, 9.17) is 9.47 Å². The fourth-order valence-electron chi connectivity index (χ4n) is 2.93. The molecule has 6 heteroatoms. The molecule has 3 atom stereocenters. The molecule has 2 saturated heterocycles. The normalized spacial score (nSPS) is 30.6. The number of nitrogens with zero attached hydrogens (tertiary/aromatic N) is 1. The average Bonchev–Trinajstić information content (AvgIpc) is 2.95. The van der Waals surface area contributed by atoms with Crippen LogP contribution in [0.3, 0.4) is 0 Å². The van der Waals surface area contributed by atoms with Crippen LogP contribution in [0.2, 0.25) is 0 Å². The molecule has 0 aromatic heterocycles. The smallest absolute Gasteiger partial charge is 0.411 e. The van der Waals surface area contributed by atoms with Crippen molar-refractivity contribution in [2.24, 2.45) is 0 Å². The second-order valence-electron chi connectivity index (χ2n) is 6.44. The average molecular weight is 285 g/mol. The first-order valence-corrected chi connectivity index (χ1v) is 7.15. The minimum Gasteiger partial charge on any atom is -0.480 e. The Hall–Kier alpha value is -1.30. The van der Waals surface area contributed by atoms with E-state index in [2.05, 4.69) is 0 Å². The van der Waals surface area contributed by atoms with E-state index in [1.807, 2.05) is 0 Å². The number of hydrogen-bond acceptors (Lipinski definition) is 4. The summed E-state index contributed by atoms with van der Waals surface area (Å²) in [5.74, 6) is -0.976. The first-order valence-electron chi connectivity index (χ1n) is 7.15. The summed E-state index contributed by atoms with van der Waals surface area (Å²) in [5, 5.41) is 9.30. The zero-order valence-electron chi connectivity index (χ0n) is 12.3. The fraction of sp³-hybridized carbons (Fsp3) is 0.857. The maximum atomic E-state index is 12.3. The Balaban J connectivity index is 2.15. The Labute approximate surface area is 119 Å². The lowest BCUT2D eigenvalue weighted by atomic mass is 10.1. The highest BCUT2D eigenvalue weighted by molar-refractivity contribution is 5.81. The highest BCUT2D eigenvalue weighted by Crippen LogP contribution is 2.33. The second kappa shape index (κ2) is 5.60. The lowest BCUT2D eigenvalue weighted by Crippen LogP contribution is -2.50. The van der Waals surface area contributed by atoms with Gasteiger partial charge in [-0.25, -0.2) is 9.59 Å². The van der Waals surface area contributed by atoms with Crippen molar-refractivity contribution < 1.29 is 24.2 Å². The Morgan fingerprint density at radius 1 is 1.25 bits per heavy atom. The molecule has 2 aliphatic heterocycles. The summed E-state index contributed by atoms with van der Waals surface area (Å²) in [7, 11) is 0. The summed E-state index contributed by atoms with van der Waals surface area (Å²) >= 11 is 0. The Kier molecular flexibility index (Phi) is 4.22. The first-order chi connectivity index (χ1) is 9.29. The fourth-order valence-corrected chi connectivity index (χ4v) is 2.93. The van der Waals surface area contributed by atoms with Gasteiger partial charge in [0.25, 0.3) is 0 Å². The van der Waals surface area contributed by atoms with Crippen LogP contribution in [0.1, 0.15) is 46.5 Å². The summed E-state index contributed by atoms with van der Waals surface area (Å²) < 4.78 is 11.0. The highest BCUT2D eigenvalue weighted by Gasteiger charge is 2.46. The van der Waals surface area contributed by atoms with E-state index in [9.17, 15) is 14.7 Å². The molecule has 0 radical (unpaired) electrons. The topological polar surface area (TPSA) is 76.1 Å². The largest absolute Gasteiger partial charge is 0.480 e. The number of carboxylic acid groups (broad SMARTS) is 1. The van der Waals surface area contributed by atoms with Gasteiger partial charge in [-0.1, -0.05) is 0 Å². The monoisotopic (exact) mass is 285 g/mol. The minimum absolute atomic E-state index is 0.0631. The quantitative estimate of drug-likeness (QED) is 0.840. The Bertz CT molecular complexity index is 384. The van der Waals surface area contributed by atoms with Crippen molar-refractivity contribution in [3.8, 4) is 0 Å². The summed E-state index contributed by atoms with van der Waals surface area (Å²) in [4.78, 5) is 25.1. The minimum atomic E-state index is -0.976. The molecule has 2 heterocycles. The van der Waals surface area contributed by atoms with E-state index in [1.165, 1.54) is 4.90 Å². The van der Waals surface area contributed by atoms with Crippen molar-refractivity contribution in [2.75, 3.05) is 6.61 Å². The molecular weight excluding hydrogens is 262 g/mol. The molecule has 1 amide bonds. The first kappa shape index (κ1) is 15.1. The van der Waals surface area contributed by atoms with Crippen LogP contribution < -0.4 is 0 Å². The lowest BCUT2D eigenvalue weighted by Gasteiger charge is -2.33. The third-order valence-electron chi connectivity index (χ3n) is 3.71. The van der Waals surface area contributed by atoms with Crippen LogP contribution in [0.4, 0.5) is 4.79 Å². The van der Waals surface area contributed by atoms with Gasteiger partial charge in [-0.2, -0.15) is 0 Å². The van der Waals surface area contributed by atoms with Gasteiger partial charge in [0.05, 0.1) is 12.1 Å². The third-order valence-corrected chi connectivity index (χ3v) is 3.71. The predicted molar refractivity (Wildman–Crippen MR) is 71.5 cm³/mol.